The van der Waals surface area contributed by atoms with Gasteiger partial charge in [0.25, 0.3) is 0 Å². The molecule has 3 rings (SSSR count). The maximum atomic E-state index is 12.6. The van der Waals surface area contributed by atoms with E-state index in [2.05, 4.69) is 5.32 Å². The molecule has 180 valence electrons. The van der Waals surface area contributed by atoms with Crippen LogP contribution in [0.15, 0.2) is 18.2 Å². The minimum atomic E-state index is -0.453. The number of ether oxygens (including phenoxy) is 2. The molecule has 0 bridgehead atoms. The molecule has 2 heterocycles. The van der Waals surface area contributed by atoms with Gasteiger partial charge in [-0.2, -0.15) is 0 Å². The van der Waals surface area contributed by atoms with Crippen molar-refractivity contribution in [3.8, 4) is 11.3 Å². The monoisotopic (exact) mass is 498 g/mol. The molecule has 0 unspecified atom stereocenters. The number of hydrogen-bond acceptors (Lipinski definition) is 6. The third-order valence-electron chi connectivity index (χ3n) is 5.53. The summed E-state index contributed by atoms with van der Waals surface area (Å²) >= 11 is 12.5. The number of rotatable bonds is 9. The first-order valence-corrected chi connectivity index (χ1v) is 11.8. The summed E-state index contributed by atoms with van der Waals surface area (Å²) < 4.78 is 23.3. The molecule has 1 fully saturated rings. The molecule has 10 heteroatoms. The van der Waals surface area contributed by atoms with Crippen molar-refractivity contribution in [2.75, 3.05) is 38.8 Å². The molecule has 33 heavy (non-hydrogen) atoms. The molecular weight excluding hydrogens is 470 g/mol. The van der Waals surface area contributed by atoms with Crippen LogP contribution in [0.3, 0.4) is 0 Å². The van der Waals surface area contributed by atoms with Gasteiger partial charge in [0.2, 0.25) is 0 Å². The zero-order valence-corrected chi connectivity index (χ0v) is 20.5. The van der Waals surface area contributed by atoms with Crippen molar-refractivity contribution in [3.05, 3.63) is 39.6 Å². The molecule has 2 aromatic rings. The van der Waals surface area contributed by atoms with E-state index in [1.54, 1.807) is 17.0 Å². The lowest BCUT2D eigenvalue weighted by atomic mass is 10.1. The van der Waals surface area contributed by atoms with E-state index >= 15 is 0 Å². The zero-order valence-electron chi connectivity index (χ0n) is 19.0. The van der Waals surface area contributed by atoms with Crippen LogP contribution in [0.5, 0.6) is 0 Å². The van der Waals surface area contributed by atoms with Crippen LogP contribution in [-0.2, 0) is 22.3 Å². The number of nitrogens with zero attached hydrogens (tertiary/aromatic N) is 3. The Morgan fingerprint density at radius 3 is 2.61 bits per heavy atom. The topological polar surface area (TPSA) is 76.6 Å². The standard InChI is InChI=1S/C23H29Cl2FN4O3/c1-4-17-21(15-8-7-14(24)11-16(15)25)27-18(5-2)22(28-17)29-19-12-30(23(31)32-3)13-20(19)33-10-6-9-26/h7-8,11,19-20H,4-6,9-10,12-13H2,1-3H3,(H,28,29)/t19-,20+/m1/s1. The second-order valence-electron chi connectivity index (χ2n) is 7.72. The van der Waals surface area contributed by atoms with Gasteiger partial charge in [0, 0.05) is 23.7 Å². The molecule has 0 saturated carbocycles. The summed E-state index contributed by atoms with van der Waals surface area (Å²) in [4.78, 5) is 23.4. The first-order valence-electron chi connectivity index (χ1n) is 11.0. The molecule has 2 atom stereocenters. The SMILES string of the molecule is CCc1nc(-c2ccc(Cl)cc2Cl)c(CC)nc1N[C@@H]1CN(C(=O)OC)C[C@@H]1OCCCF. The van der Waals surface area contributed by atoms with E-state index < -0.39 is 12.8 Å². The average Bonchev–Trinajstić information content (AvgIpc) is 3.21. The Morgan fingerprint density at radius 1 is 1.21 bits per heavy atom. The van der Waals surface area contributed by atoms with Crippen molar-refractivity contribution in [3.63, 3.8) is 0 Å². The largest absolute Gasteiger partial charge is 0.453 e. The molecule has 1 aromatic carbocycles. The number of likely N-dealkylation sites (tertiary alicyclic amines) is 1. The fraction of sp³-hybridized carbons (Fsp3) is 0.522. The predicted molar refractivity (Wildman–Crippen MR) is 128 cm³/mol. The summed E-state index contributed by atoms with van der Waals surface area (Å²) in [5, 5.41) is 4.50. The fourth-order valence-electron chi connectivity index (χ4n) is 3.84. The van der Waals surface area contributed by atoms with Crippen molar-refractivity contribution < 1.29 is 18.7 Å². The average molecular weight is 499 g/mol. The van der Waals surface area contributed by atoms with E-state index in [1.807, 2.05) is 19.9 Å². The van der Waals surface area contributed by atoms with Gasteiger partial charge in [-0.25, -0.2) is 14.8 Å². The number of hydrogen-bond donors (Lipinski definition) is 1. The lowest BCUT2D eigenvalue weighted by Gasteiger charge is -2.22. The van der Waals surface area contributed by atoms with Gasteiger partial charge in [0.05, 0.1) is 54.6 Å². The number of aryl methyl sites for hydroxylation is 2. The minimum Gasteiger partial charge on any atom is -0.453 e. The number of nitrogens with one attached hydrogen (secondary N) is 1. The molecule has 1 aromatic heterocycles. The Labute approximate surface area is 203 Å². The van der Waals surface area contributed by atoms with Gasteiger partial charge in [-0.15, -0.1) is 0 Å². The summed E-state index contributed by atoms with van der Waals surface area (Å²) in [7, 11) is 1.34. The first kappa shape index (κ1) is 25.5. The number of halogens is 3. The van der Waals surface area contributed by atoms with Crippen LogP contribution >= 0.6 is 23.2 Å². The number of carbonyl (C=O) groups excluding carboxylic acids is 1. The smallest absolute Gasteiger partial charge is 0.409 e. The highest BCUT2D eigenvalue weighted by molar-refractivity contribution is 6.36. The van der Waals surface area contributed by atoms with E-state index in [1.165, 1.54) is 7.11 Å². The van der Waals surface area contributed by atoms with E-state index in [0.29, 0.717) is 48.2 Å². The van der Waals surface area contributed by atoms with E-state index in [9.17, 15) is 9.18 Å². The number of alkyl halides is 1. The molecule has 0 spiro atoms. The van der Waals surface area contributed by atoms with Crippen molar-refractivity contribution in [2.45, 2.75) is 45.3 Å². The van der Waals surface area contributed by atoms with Crippen LogP contribution in [0.4, 0.5) is 15.0 Å². The Balaban J connectivity index is 1.91. The second kappa shape index (κ2) is 11.8. The van der Waals surface area contributed by atoms with Gasteiger partial charge >= 0.3 is 6.09 Å². The van der Waals surface area contributed by atoms with Gasteiger partial charge in [-0.1, -0.05) is 37.0 Å². The van der Waals surface area contributed by atoms with Gasteiger partial charge in [0.15, 0.2) is 0 Å². The molecule has 1 aliphatic heterocycles. The number of aromatic nitrogens is 2. The van der Waals surface area contributed by atoms with Crippen LogP contribution in [0.2, 0.25) is 10.0 Å². The second-order valence-corrected chi connectivity index (χ2v) is 8.57. The molecule has 1 N–H and O–H groups in total. The molecular formula is C23H29Cl2FN4O3. The molecule has 0 aliphatic carbocycles. The van der Waals surface area contributed by atoms with Gasteiger partial charge < -0.3 is 19.7 Å². The lowest BCUT2D eigenvalue weighted by Crippen LogP contribution is -2.35. The third-order valence-corrected chi connectivity index (χ3v) is 6.08. The Morgan fingerprint density at radius 2 is 1.97 bits per heavy atom. The summed E-state index contributed by atoms with van der Waals surface area (Å²) in [5.41, 5.74) is 3.06. The van der Waals surface area contributed by atoms with Crippen molar-refractivity contribution in [2.24, 2.45) is 0 Å². The van der Waals surface area contributed by atoms with Crippen LogP contribution in [0.1, 0.15) is 31.7 Å². The fourth-order valence-corrected chi connectivity index (χ4v) is 4.33. The Kier molecular flexibility index (Phi) is 9.11. The highest BCUT2D eigenvalue weighted by Crippen LogP contribution is 2.33. The molecule has 1 aliphatic rings. The number of methoxy groups -OCH3 is 1. The molecule has 0 radical (unpaired) electrons. The summed E-state index contributed by atoms with van der Waals surface area (Å²) in [6.45, 7) is 4.55. The van der Waals surface area contributed by atoms with Gasteiger partial charge in [0.1, 0.15) is 5.82 Å². The Bertz CT molecular complexity index is 979. The van der Waals surface area contributed by atoms with Crippen LogP contribution < -0.4 is 5.32 Å². The van der Waals surface area contributed by atoms with Crippen LogP contribution in [-0.4, -0.2) is 66.6 Å². The number of benzene rings is 1. The third kappa shape index (κ3) is 6.05. The molecule has 7 nitrogen and oxygen atoms in total. The minimum absolute atomic E-state index is 0.238. The molecule has 1 saturated heterocycles. The lowest BCUT2D eigenvalue weighted by molar-refractivity contribution is 0.0484. The van der Waals surface area contributed by atoms with Crippen molar-refractivity contribution >= 4 is 35.1 Å². The highest BCUT2D eigenvalue weighted by Gasteiger charge is 2.37. The molecule has 1 amide bonds. The maximum Gasteiger partial charge on any atom is 0.409 e. The normalized spacial score (nSPS) is 17.9. The number of carbonyl (C=O) groups is 1. The first-order chi connectivity index (χ1) is 15.9. The van der Waals surface area contributed by atoms with E-state index in [-0.39, 0.29) is 18.8 Å². The van der Waals surface area contributed by atoms with Crippen LogP contribution in [0.25, 0.3) is 11.3 Å². The quantitative estimate of drug-likeness (QED) is 0.479. The van der Waals surface area contributed by atoms with E-state index in [4.69, 9.17) is 42.6 Å². The number of anilines is 1. The Hall–Kier alpha value is -2.16. The van der Waals surface area contributed by atoms with Crippen LogP contribution in [0, 0.1) is 0 Å². The summed E-state index contributed by atoms with van der Waals surface area (Å²) in [6, 6.07) is 5.08. The predicted octanol–water partition coefficient (Wildman–Crippen LogP) is 5.18. The van der Waals surface area contributed by atoms with Crippen molar-refractivity contribution in [1.82, 2.24) is 14.9 Å². The number of amides is 1. The van der Waals surface area contributed by atoms with Gasteiger partial charge in [-0.05, 0) is 37.5 Å². The zero-order chi connectivity index (χ0) is 24.0. The summed E-state index contributed by atoms with van der Waals surface area (Å²) in [6.07, 6.45) is 0.839. The maximum absolute atomic E-state index is 12.6. The highest BCUT2D eigenvalue weighted by atomic mass is 35.5. The van der Waals surface area contributed by atoms with E-state index in [0.717, 1.165) is 22.6 Å². The summed E-state index contributed by atoms with van der Waals surface area (Å²) in [5.74, 6) is 0.638. The van der Waals surface area contributed by atoms with Gasteiger partial charge in [-0.3, -0.25) is 4.39 Å². The van der Waals surface area contributed by atoms with Crippen molar-refractivity contribution in [1.29, 1.82) is 0 Å².